The number of anilines is 2. The zero-order valence-corrected chi connectivity index (χ0v) is 13.5. The fraction of sp³-hybridized carbons (Fsp3) is 0.333. The predicted molar refractivity (Wildman–Crippen MR) is 91.3 cm³/mol. The van der Waals surface area contributed by atoms with Crippen molar-refractivity contribution < 1.29 is 0 Å². The number of nitrogens with zero attached hydrogens (tertiary/aromatic N) is 3. The van der Waals surface area contributed by atoms with Gasteiger partial charge in [0.2, 0.25) is 5.95 Å². The summed E-state index contributed by atoms with van der Waals surface area (Å²) in [5, 5.41) is 0.934. The Morgan fingerprint density at radius 1 is 1.14 bits per heavy atom. The van der Waals surface area contributed by atoms with Crippen molar-refractivity contribution in [3.05, 3.63) is 34.4 Å². The number of nitrogen functional groups attached to an aromatic ring is 1. The molecule has 0 saturated carbocycles. The molecule has 3 rings (SSSR count). The maximum atomic E-state index is 6.24. The summed E-state index contributed by atoms with van der Waals surface area (Å²) >= 11 is 12.3. The Morgan fingerprint density at radius 3 is 2.55 bits per heavy atom. The molecule has 1 aliphatic heterocycles. The Morgan fingerprint density at radius 2 is 1.86 bits per heavy atom. The summed E-state index contributed by atoms with van der Waals surface area (Å²) in [7, 11) is 0. The van der Waals surface area contributed by atoms with Crippen molar-refractivity contribution in [3.8, 4) is 11.1 Å². The van der Waals surface area contributed by atoms with Gasteiger partial charge in [-0.15, -0.1) is 0 Å². The molecule has 0 atom stereocenters. The summed E-state index contributed by atoms with van der Waals surface area (Å²) < 4.78 is 0. The van der Waals surface area contributed by atoms with Crippen LogP contribution in [0.15, 0.2) is 24.4 Å². The number of rotatable bonds is 2. The lowest BCUT2D eigenvalue weighted by molar-refractivity contribution is 0.496. The van der Waals surface area contributed by atoms with Crippen LogP contribution in [0.1, 0.15) is 12.8 Å². The minimum atomic E-state index is 0.262. The number of halogens is 2. The summed E-state index contributed by atoms with van der Waals surface area (Å²) in [6.07, 6.45) is 3.57. The average Bonchev–Trinajstić information content (AvgIpc) is 2.51. The van der Waals surface area contributed by atoms with E-state index in [4.69, 9.17) is 34.7 Å². The van der Waals surface area contributed by atoms with Gasteiger partial charge in [0.15, 0.2) is 0 Å². The molecule has 0 aliphatic carbocycles. The van der Waals surface area contributed by atoms with Crippen LogP contribution in [-0.2, 0) is 0 Å². The highest BCUT2D eigenvalue weighted by Gasteiger charge is 2.19. The molecule has 1 fully saturated rings. The van der Waals surface area contributed by atoms with Crippen LogP contribution >= 0.6 is 23.2 Å². The van der Waals surface area contributed by atoms with Crippen LogP contribution < -0.4 is 16.4 Å². The van der Waals surface area contributed by atoms with Crippen LogP contribution in [-0.4, -0.2) is 29.1 Å². The summed E-state index contributed by atoms with van der Waals surface area (Å²) in [5.74, 6) is 1.02. The first-order valence-corrected chi connectivity index (χ1v) is 7.89. The smallest absolute Gasteiger partial charge is 0.227 e. The van der Waals surface area contributed by atoms with E-state index in [1.54, 1.807) is 12.3 Å². The van der Waals surface area contributed by atoms with Gasteiger partial charge in [0.1, 0.15) is 5.82 Å². The first-order chi connectivity index (χ1) is 10.6. The third kappa shape index (κ3) is 2.97. The fourth-order valence-corrected chi connectivity index (χ4v) is 2.96. The number of hydrogen-bond acceptors (Lipinski definition) is 5. The molecule has 116 valence electrons. The lowest BCUT2D eigenvalue weighted by Gasteiger charge is -2.30. The monoisotopic (exact) mass is 337 g/mol. The molecule has 1 aromatic carbocycles. The molecule has 5 nitrogen and oxygen atoms in total. The zero-order chi connectivity index (χ0) is 15.7. The summed E-state index contributed by atoms with van der Waals surface area (Å²) in [5.41, 5.74) is 13.4. The van der Waals surface area contributed by atoms with E-state index in [2.05, 4.69) is 14.9 Å². The van der Waals surface area contributed by atoms with E-state index in [0.717, 1.165) is 31.5 Å². The second-order valence-electron chi connectivity index (χ2n) is 5.39. The number of hydrogen-bond donors (Lipinski definition) is 2. The molecule has 0 unspecified atom stereocenters. The van der Waals surface area contributed by atoms with Gasteiger partial charge < -0.3 is 16.4 Å². The van der Waals surface area contributed by atoms with Crippen molar-refractivity contribution in [2.45, 2.75) is 18.9 Å². The largest absolute Gasteiger partial charge is 0.383 e. The highest BCUT2D eigenvalue weighted by atomic mass is 35.5. The molecule has 22 heavy (non-hydrogen) atoms. The normalized spacial score (nSPS) is 16.0. The van der Waals surface area contributed by atoms with E-state index in [-0.39, 0.29) is 6.04 Å². The van der Waals surface area contributed by atoms with Crippen molar-refractivity contribution in [1.82, 2.24) is 9.97 Å². The molecular weight excluding hydrogens is 321 g/mol. The number of benzene rings is 1. The lowest BCUT2D eigenvalue weighted by atomic mass is 10.1. The van der Waals surface area contributed by atoms with Gasteiger partial charge in [0, 0.05) is 36.5 Å². The fourth-order valence-electron chi connectivity index (χ4n) is 2.56. The van der Waals surface area contributed by atoms with Crippen LogP contribution in [0.25, 0.3) is 11.1 Å². The maximum absolute atomic E-state index is 6.24. The van der Waals surface area contributed by atoms with E-state index in [1.807, 2.05) is 12.1 Å². The van der Waals surface area contributed by atoms with Crippen LogP contribution in [0.3, 0.4) is 0 Å². The SMILES string of the molecule is Nc1nc(N2CCC(N)CC2)ncc1-c1cccc(Cl)c1Cl. The van der Waals surface area contributed by atoms with E-state index < -0.39 is 0 Å². The third-order valence-corrected chi connectivity index (χ3v) is 4.69. The molecule has 2 heterocycles. The van der Waals surface area contributed by atoms with E-state index >= 15 is 0 Å². The van der Waals surface area contributed by atoms with Crippen molar-refractivity contribution in [3.63, 3.8) is 0 Å². The van der Waals surface area contributed by atoms with E-state index in [0.29, 0.717) is 27.4 Å². The first kappa shape index (κ1) is 15.3. The molecule has 2 aromatic rings. The minimum Gasteiger partial charge on any atom is -0.383 e. The van der Waals surface area contributed by atoms with Gasteiger partial charge in [-0.1, -0.05) is 35.3 Å². The Balaban J connectivity index is 1.91. The van der Waals surface area contributed by atoms with Gasteiger partial charge >= 0.3 is 0 Å². The van der Waals surface area contributed by atoms with Crippen LogP contribution in [0.2, 0.25) is 10.0 Å². The Hall–Kier alpha value is -1.56. The molecule has 1 aliphatic rings. The molecule has 0 radical (unpaired) electrons. The predicted octanol–water partition coefficient (Wildman–Crippen LogP) is 2.96. The van der Waals surface area contributed by atoms with Crippen molar-refractivity contribution in [1.29, 1.82) is 0 Å². The third-order valence-electron chi connectivity index (χ3n) is 3.87. The van der Waals surface area contributed by atoms with Gasteiger partial charge in [0.25, 0.3) is 0 Å². The van der Waals surface area contributed by atoms with Crippen LogP contribution in [0.5, 0.6) is 0 Å². The van der Waals surface area contributed by atoms with Gasteiger partial charge in [-0.25, -0.2) is 4.98 Å². The van der Waals surface area contributed by atoms with Gasteiger partial charge in [0.05, 0.1) is 10.0 Å². The number of piperidine rings is 1. The van der Waals surface area contributed by atoms with E-state index in [1.165, 1.54) is 0 Å². The quantitative estimate of drug-likeness (QED) is 0.880. The molecule has 7 heteroatoms. The summed E-state index contributed by atoms with van der Waals surface area (Å²) in [6, 6.07) is 5.67. The Labute approximate surface area is 139 Å². The second kappa shape index (κ2) is 6.28. The highest BCUT2D eigenvalue weighted by Crippen LogP contribution is 2.35. The summed E-state index contributed by atoms with van der Waals surface area (Å²) in [4.78, 5) is 10.9. The van der Waals surface area contributed by atoms with Crippen molar-refractivity contribution in [2.75, 3.05) is 23.7 Å². The van der Waals surface area contributed by atoms with Crippen LogP contribution in [0, 0.1) is 0 Å². The standard InChI is InChI=1S/C15H17Cl2N5/c16-12-3-1-2-10(13(12)17)11-8-20-15(21-14(11)19)22-6-4-9(18)5-7-22/h1-3,8-9H,4-7,18H2,(H2,19,20,21). The molecule has 4 N–H and O–H groups in total. The van der Waals surface area contributed by atoms with Gasteiger partial charge in [-0.3, -0.25) is 0 Å². The molecule has 0 amide bonds. The number of aromatic nitrogens is 2. The van der Waals surface area contributed by atoms with Crippen molar-refractivity contribution in [2.24, 2.45) is 5.73 Å². The topological polar surface area (TPSA) is 81.1 Å². The van der Waals surface area contributed by atoms with Gasteiger partial charge in [-0.05, 0) is 18.9 Å². The molecule has 0 spiro atoms. The van der Waals surface area contributed by atoms with Crippen molar-refractivity contribution >= 4 is 35.0 Å². The lowest BCUT2D eigenvalue weighted by Crippen LogP contribution is -2.40. The van der Waals surface area contributed by atoms with Gasteiger partial charge in [-0.2, -0.15) is 4.98 Å². The molecule has 1 saturated heterocycles. The van der Waals surface area contributed by atoms with E-state index in [9.17, 15) is 0 Å². The zero-order valence-electron chi connectivity index (χ0n) is 12.0. The van der Waals surface area contributed by atoms with Crippen LogP contribution in [0.4, 0.5) is 11.8 Å². The molecule has 0 bridgehead atoms. The Bertz CT molecular complexity index is 684. The number of nitrogens with two attached hydrogens (primary N) is 2. The maximum Gasteiger partial charge on any atom is 0.227 e. The highest BCUT2D eigenvalue weighted by molar-refractivity contribution is 6.43. The molecule has 1 aromatic heterocycles. The second-order valence-corrected chi connectivity index (χ2v) is 6.18. The first-order valence-electron chi connectivity index (χ1n) is 7.13. The minimum absolute atomic E-state index is 0.262. The Kier molecular flexibility index (Phi) is 4.38. The molecular formula is C15H17Cl2N5. The average molecular weight is 338 g/mol. The summed E-state index contributed by atoms with van der Waals surface area (Å²) in [6.45, 7) is 1.69.